The molecule has 1 aliphatic heterocycles. The standard InChI is InChI=1S/C18H17F6N3O3S/c19-17(20,21)13-5-3-12(4-6-13)11-31(28,29)27-9-1-2-14(10-27)30-16-25-8-7-15(26-16)18(22,23)24/h3-8,14H,1-2,9-11H2. The SMILES string of the molecule is O=S(=O)(Cc1ccc(C(F)(F)F)cc1)N1CCCC(Oc2nccc(C(F)(F)F)n2)C1. The van der Waals surface area contributed by atoms with E-state index in [9.17, 15) is 34.8 Å². The topological polar surface area (TPSA) is 72.4 Å². The summed E-state index contributed by atoms with van der Waals surface area (Å²) in [5.41, 5.74) is -1.89. The van der Waals surface area contributed by atoms with Crippen molar-refractivity contribution < 1.29 is 39.5 Å². The molecule has 0 radical (unpaired) electrons. The van der Waals surface area contributed by atoms with Gasteiger partial charge >= 0.3 is 18.4 Å². The smallest absolute Gasteiger partial charge is 0.433 e. The fraction of sp³-hybridized carbons (Fsp3) is 0.444. The minimum absolute atomic E-state index is 0.136. The van der Waals surface area contributed by atoms with E-state index in [4.69, 9.17) is 4.74 Å². The first kappa shape index (κ1) is 23.3. The van der Waals surface area contributed by atoms with Crippen LogP contribution in [0, 0.1) is 0 Å². The van der Waals surface area contributed by atoms with Crippen LogP contribution in [0.5, 0.6) is 6.01 Å². The quantitative estimate of drug-likeness (QED) is 0.622. The third kappa shape index (κ3) is 6.06. The minimum Gasteiger partial charge on any atom is -0.459 e. The lowest BCUT2D eigenvalue weighted by Crippen LogP contribution is -2.44. The molecule has 1 aliphatic rings. The van der Waals surface area contributed by atoms with Gasteiger partial charge in [0.05, 0.1) is 17.9 Å². The van der Waals surface area contributed by atoms with Crippen LogP contribution in [0.25, 0.3) is 0 Å². The van der Waals surface area contributed by atoms with E-state index >= 15 is 0 Å². The van der Waals surface area contributed by atoms with Gasteiger partial charge in [0.25, 0.3) is 0 Å². The highest BCUT2D eigenvalue weighted by Gasteiger charge is 2.35. The van der Waals surface area contributed by atoms with Gasteiger partial charge in [0.2, 0.25) is 10.0 Å². The average molecular weight is 469 g/mol. The van der Waals surface area contributed by atoms with Crippen LogP contribution in [-0.2, 0) is 28.1 Å². The highest BCUT2D eigenvalue weighted by Crippen LogP contribution is 2.30. The maximum atomic E-state index is 12.8. The summed E-state index contributed by atoms with van der Waals surface area (Å²) in [5.74, 6) is -0.516. The predicted molar refractivity (Wildman–Crippen MR) is 96.3 cm³/mol. The van der Waals surface area contributed by atoms with Crippen molar-refractivity contribution in [3.8, 4) is 6.01 Å². The number of hydrogen-bond acceptors (Lipinski definition) is 5. The number of alkyl halides is 6. The molecule has 170 valence electrons. The molecule has 13 heteroatoms. The number of rotatable bonds is 5. The largest absolute Gasteiger partial charge is 0.459 e. The summed E-state index contributed by atoms with van der Waals surface area (Å²) in [6.07, 6.45) is -8.31. The van der Waals surface area contributed by atoms with Crippen molar-refractivity contribution in [2.24, 2.45) is 0 Å². The van der Waals surface area contributed by atoms with Crippen molar-refractivity contribution in [1.82, 2.24) is 14.3 Å². The lowest BCUT2D eigenvalue weighted by Gasteiger charge is -2.31. The lowest BCUT2D eigenvalue weighted by molar-refractivity contribution is -0.141. The highest BCUT2D eigenvalue weighted by atomic mass is 32.2. The molecule has 3 rings (SSSR count). The average Bonchev–Trinajstić information content (AvgIpc) is 2.67. The molecule has 31 heavy (non-hydrogen) atoms. The summed E-state index contributed by atoms with van der Waals surface area (Å²) in [6, 6.07) is 3.97. The van der Waals surface area contributed by atoms with Gasteiger partial charge in [0.1, 0.15) is 6.10 Å². The number of ether oxygens (including phenoxy) is 1. The molecule has 1 aromatic heterocycles. The molecule has 2 aromatic rings. The Morgan fingerprint density at radius 2 is 1.71 bits per heavy atom. The van der Waals surface area contributed by atoms with Crippen LogP contribution in [0.4, 0.5) is 26.3 Å². The number of sulfonamides is 1. The maximum Gasteiger partial charge on any atom is 0.433 e. The van der Waals surface area contributed by atoms with Gasteiger partial charge in [0, 0.05) is 12.7 Å². The fourth-order valence-corrected chi connectivity index (χ4v) is 4.65. The molecule has 6 nitrogen and oxygen atoms in total. The number of piperidine rings is 1. The zero-order valence-electron chi connectivity index (χ0n) is 15.8. The molecule has 1 saturated heterocycles. The van der Waals surface area contributed by atoms with Crippen LogP contribution in [0.2, 0.25) is 0 Å². The van der Waals surface area contributed by atoms with Crippen molar-refractivity contribution in [2.45, 2.75) is 37.1 Å². The molecule has 0 amide bonds. The fourth-order valence-electron chi connectivity index (χ4n) is 3.05. The van der Waals surface area contributed by atoms with Crippen LogP contribution in [0.15, 0.2) is 36.5 Å². The van der Waals surface area contributed by atoms with Crippen molar-refractivity contribution in [1.29, 1.82) is 0 Å². The van der Waals surface area contributed by atoms with E-state index in [-0.39, 0.29) is 18.7 Å². The summed E-state index contributed by atoms with van der Waals surface area (Å²) >= 11 is 0. The van der Waals surface area contributed by atoms with Gasteiger partial charge in [-0.3, -0.25) is 0 Å². The first-order chi connectivity index (χ1) is 14.3. The van der Waals surface area contributed by atoms with E-state index in [1.807, 2.05) is 0 Å². The second kappa shape index (κ2) is 8.61. The summed E-state index contributed by atoms with van der Waals surface area (Å²) in [6.45, 7) is 0.0227. The Bertz CT molecular complexity index is 1010. The first-order valence-electron chi connectivity index (χ1n) is 9.05. The van der Waals surface area contributed by atoms with Crippen molar-refractivity contribution in [3.63, 3.8) is 0 Å². The Kier molecular flexibility index (Phi) is 6.46. The van der Waals surface area contributed by atoms with E-state index in [2.05, 4.69) is 9.97 Å². The van der Waals surface area contributed by atoms with Crippen LogP contribution >= 0.6 is 0 Å². The summed E-state index contributed by atoms with van der Waals surface area (Å²) < 4.78 is 108. The molecule has 0 N–H and O–H groups in total. The van der Waals surface area contributed by atoms with E-state index in [1.54, 1.807) is 0 Å². The van der Waals surface area contributed by atoms with E-state index in [0.717, 1.165) is 34.8 Å². The molecule has 0 spiro atoms. The van der Waals surface area contributed by atoms with E-state index in [1.165, 1.54) is 0 Å². The molecular formula is C18H17F6N3O3S. The Morgan fingerprint density at radius 1 is 1.03 bits per heavy atom. The van der Waals surface area contributed by atoms with E-state index < -0.39 is 51.5 Å². The second-order valence-electron chi connectivity index (χ2n) is 6.91. The normalized spacial score (nSPS) is 18.7. The molecule has 0 bridgehead atoms. The van der Waals surface area contributed by atoms with Crippen molar-refractivity contribution in [2.75, 3.05) is 13.1 Å². The molecule has 0 aliphatic carbocycles. The molecule has 2 heterocycles. The maximum absolute atomic E-state index is 12.8. The van der Waals surface area contributed by atoms with Crippen molar-refractivity contribution >= 4 is 10.0 Å². The van der Waals surface area contributed by atoms with Gasteiger partial charge in [-0.05, 0) is 36.6 Å². The van der Waals surface area contributed by atoms with Gasteiger partial charge in [-0.15, -0.1) is 0 Å². The minimum atomic E-state index is -4.68. The molecule has 1 aromatic carbocycles. The Labute approximate surface area is 173 Å². The summed E-state index contributed by atoms with van der Waals surface area (Å²) in [7, 11) is -3.89. The molecule has 1 unspecified atom stereocenters. The number of aromatic nitrogens is 2. The number of halogens is 6. The zero-order valence-corrected chi connectivity index (χ0v) is 16.6. The Morgan fingerprint density at radius 3 is 2.32 bits per heavy atom. The van der Waals surface area contributed by atoms with Gasteiger partial charge in [0.15, 0.2) is 5.69 Å². The van der Waals surface area contributed by atoms with Gasteiger partial charge in [-0.1, -0.05) is 12.1 Å². The summed E-state index contributed by atoms with van der Waals surface area (Å²) in [5, 5.41) is 0. The molecule has 1 atom stereocenters. The number of nitrogens with zero attached hydrogens (tertiary/aromatic N) is 3. The van der Waals surface area contributed by atoms with Crippen LogP contribution in [0.1, 0.15) is 29.7 Å². The lowest BCUT2D eigenvalue weighted by atomic mass is 10.1. The van der Waals surface area contributed by atoms with Crippen molar-refractivity contribution in [3.05, 3.63) is 53.3 Å². The molecule has 1 fully saturated rings. The van der Waals surface area contributed by atoms with Crippen LogP contribution in [-0.4, -0.2) is 41.9 Å². The van der Waals surface area contributed by atoms with Gasteiger partial charge in [-0.2, -0.15) is 35.6 Å². The number of hydrogen-bond donors (Lipinski definition) is 0. The Balaban J connectivity index is 1.67. The molecular weight excluding hydrogens is 452 g/mol. The first-order valence-corrected chi connectivity index (χ1v) is 10.7. The van der Waals surface area contributed by atoms with Crippen LogP contribution in [0.3, 0.4) is 0 Å². The van der Waals surface area contributed by atoms with E-state index in [0.29, 0.717) is 18.9 Å². The van der Waals surface area contributed by atoms with Gasteiger partial charge < -0.3 is 4.74 Å². The second-order valence-corrected chi connectivity index (χ2v) is 8.88. The number of benzene rings is 1. The predicted octanol–water partition coefficient (Wildman–Crippen LogP) is 3.89. The monoisotopic (exact) mass is 469 g/mol. The third-order valence-corrected chi connectivity index (χ3v) is 6.38. The third-order valence-electron chi connectivity index (χ3n) is 4.56. The zero-order chi connectivity index (χ0) is 22.9. The summed E-state index contributed by atoms with van der Waals surface area (Å²) in [4.78, 5) is 6.94. The van der Waals surface area contributed by atoms with Gasteiger partial charge in [-0.25, -0.2) is 13.4 Å². The Hall–Kier alpha value is -2.41. The highest BCUT2D eigenvalue weighted by molar-refractivity contribution is 7.88. The van der Waals surface area contributed by atoms with Crippen LogP contribution < -0.4 is 4.74 Å². The molecule has 0 saturated carbocycles.